The largest absolute Gasteiger partial charge is 0.497 e. The first kappa shape index (κ1) is 26.7. The molecule has 1 atom stereocenters. The Hall–Kier alpha value is -2.39. The molecular weight excluding hydrogens is 498 g/mol. The SMILES string of the molecule is COc1ccc2ncc(Cl)c(C(O)CCC3(C(=O)O)CCN(CCCSc4cccnc4)CC3)c2c1. The van der Waals surface area contributed by atoms with Crippen LogP contribution in [-0.4, -0.2) is 63.5 Å². The van der Waals surface area contributed by atoms with Gasteiger partial charge in [-0.2, -0.15) is 0 Å². The molecule has 2 N–H and O–H groups in total. The van der Waals surface area contributed by atoms with Crippen molar-refractivity contribution in [2.24, 2.45) is 5.41 Å². The molecule has 0 saturated carbocycles. The van der Waals surface area contributed by atoms with Crippen molar-refractivity contribution in [3.8, 4) is 5.75 Å². The van der Waals surface area contributed by atoms with Crippen LogP contribution in [0.2, 0.25) is 5.02 Å². The van der Waals surface area contributed by atoms with Crippen LogP contribution in [-0.2, 0) is 4.79 Å². The van der Waals surface area contributed by atoms with E-state index in [0.29, 0.717) is 47.5 Å². The summed E-state index contributed by atoms with van der Waals surface area (Å²) in [6.45, 7) is 2.44. The third-order valence-corrected chi connectivity index (χ3v) is 8.46. The number of hydrogen-bond acceptors (Lipinski definition) is 7. The molecule has 3 aromatic rings. The molecule has 7 nitrogen and oxygen atoms in total. The fourth-order valence-electron chi connectivity index (χ4n) is 4.88. The number of aliphatic carboxylic acids is 1. The average Bonchev–Trinajstić information content (AvgIpc) is 2.90. The number of aromatic nitrogens is 2. The third kappa shape index (κ3) is 6.29. The maximum absolute atomic E-state index is 12.4. The normalized spacial score (nSPS) is 16.6. The van der Waals surface area contributed by atoms with E-state index in [9.17, 15) is 15.0 Å². The zero-order chi connectivity index (χ0) is 25.5. The highest BCUT2D eigenvalue weighted by molar-refractivity contribution is 7.99. The van der Waals surface area contributed by atoms with E-state index in [2.05, 4.69) is 20.9 Å². The average molecular weight is 530 g/mol. The van der Waals surface area contributed by atoms with Crippen LogP contribution in [0.4, 0.5) is 0 Å². The number of halogens is 1. The van der Waals surface area contributed by atoms with Crippen LogP contribution in [0, 0.1) is 5.41 Å². The van der Waals surface area contributed by atoms with E-state index in [1.54, 1.807) is 25.1 Å². The number of rotatable bonds is 11. The second-order valence-corrected chi connectivity index (χ2v) is 10.9. The Morgan fingerprint density at radius 2 is 2.08 bits per heavy atom. The molecule has 0 spiro atoms. The number of carboxylic acids is 1. The molecule has 192 valence electrons. The van der Waals surface area contributed by atoms with Crippen LogP contribution >= 0.6 is 23.4 Å². The number of pyridine rings is 2. The summed E-state index contributed by atoms with van der Waals surface area (Å²) < 4.78 is 5.33. The number of aliphatic hydroxyl groups excluding tert-OH is 1. The molecule has 1 fully saturated rings. The summed E-state index contributed by atoms with van der Waals surface area (Å²) in [5.74, 6) is 0.867. The van der Waals surface area contributed by atoms with Crippen molar-refractivity contribution in [2.45, 2.75) is 43.1 Å². The number of aliphatic hydroxyl groups is 1. The molecule has 1 aliphatic heterocycles. The van der Waals surface area contributed by atoms with Crippen molar-refractivity contribution in [3.63, 3.8) is 0 Å². The van der Waals surface area contributed by atoms with Gasteiger partial charge in [-0.05, 0) is 87.8 Å². The molecule has 1 unspecified atom stereocenters. The van der Waals surface area contributed by atoms with Crippen LogP contribution in [0.15, 0.2) is 53.8 Å². The molecule has 0 amide bonds. The summed E-state index contributed by atoms with van der Waals surface area (Å²) in [5.41, 5.74) is 0.441. The second-order valence-electron chi connectivity index (χ2n) is 9.28. The van der Waals surface area contributed by atoms with Crippen molar-refractivity contribution in [1.82, 2.24) is 14.9 Å². The maximum Gasteiger partial charge on any atom is 0.309 e. The summed E-state index contributed by atoms with van der Waals surface area (Å²) in [6, 6.07) is 9.45. The van der Waals surface area contributed by atoms with Crippen molar-refractivity contribution >= 4 is 40.2 Å². The summed E-state index contributed by atoms with van der Waals surface area (Å²) in [4.78, 5) is 24.4. The molecule has 0 radical (unpaired) electrons. The number of methoxy groups -OCH3 is 1. The topological polar surface area (TPSA) is 95.8 Å². The molecule has 4 rings (SSSR count). The molecule has 1 saturated heterocycles. The Morgan fingerprint density at radius 3 is 2.78 bits per heavy atom. The van der Waals surface area contributed by atoms with Gasteiger partial charge in [-0.1, -0.05) is 11.6 Å². The lowest BCUT2D eigenvalue weighted by molar-refractivity contribution is -0.153. The monoisotopic (exact) mass is 529 g/mol. The number of benzene rings is 1. The first-order chi connectivity index (χ1) is 17.4. The van der Waals surface area contributed by atoms with Crippen molar-refractivity contribution < 1.29 is 19.7 Å². The van der Waals surface area contributed by atoms with Gasteiger partial charge in [-0.3, -0.25) is 14.8 Å². The third-order valence-electron chi connectivity index (χ3n) is 7.09. The molecule has 0 aliphatic carbocycles. The first-order valence-corrected chi connectivity index (χ1v) is 13.6. The molecule has 1 aliphatic rings. The Morgan fingerprint density at radius 1 is 1.28 bits per heavy atom. The fourth-order valence-corrected chi connectivity index (χ4v) is 5.97. The van der Waals surface area contributed by atoms with Crippen molar-refractivity contribution in [3.05, 3.63) is 59.5 Å². The zero-order valence-electron chi connectivity index (χ0n) is 20.4. The van der Waals surface area contributed by atoms with Gasteiger partial charge in [-0.15, -0.1) is 11.8 Å². The number of fused-ring (bicyclic) bond motifs is 1. The zero-order valence-corrected chi connectivity index (χ0v) is 22.0. The lowest BCUT2D eigenvalue weighted by Gasteiger charge is -2.39. The summed E-state index contributed by atoms with van der Waals surface area (Å²) in [5, 5.41) is 22.3. The molecule has 0 bridgehead atoms. The second kappa shape index (κ2) is 12.2. The van der Waals surface area contributed by atoms with E-state index < -0.39 is 17.5 Å². The van der Waals surface area contributed by atoms with Gasteiger partial charge >= 0.3 is 5.97 Å². The lowest BCUT2D eigenvalue weighted by Crippen LogP contribution is -2.44. The Balaban J connectivity index is 1.34. The van der Waals surface area contributed by atoms with Crippen LogP contribution in [0.1, 0.15) is 43.8 Å². The number of nitrogens with zero attached hydrogens (tertiary/aromatic N) is 3. The van der Waals surface area contributed by atoms with E-state index in [-0.39, 0.29) is 0 Å². The fraction of sp³-hybridized carbons (Fsp3) is 0.444. The number of likely N-dealkylation sites (tertiary alicyclic amines) is 1. The number of thioether (sulfide) groups is 1. The molecule has 3 heterocycles. The quantitative estimate of drug-likeness (QED) is 0.250. The summed E-state index contributed by atoms with van der Waals surface area (Å²) in [6.07, 6.45) is 7.17. The van der Waals surface area contributed by atoms with Gasteiger partial charge in [0.25, 0.3) is 0 Å². The Bertz CT molecular complexity index is 1170. The molecule has 2 aromatic heterocycles. The standard InChI is InChI=1S/C27H32ClN3O4S/c1-35-19-5-6-23-21(16-19)25(22(28)18-30-23)24(32)7-8-27(26(33)34)9-13-31(14-10-27)12-3-15-36-20-4-2-11-29-17-20/h2,4-6,11,16-18,24,32H,3,7-10,12-15H2,1H3,(H,33,34). The molecule has 1 aromatic carbocycles. The minimum absolute atomic E-state index is 0.310. The van der Waals surface area contributed by atoms with E-state index in [1.165, 1.54) is 11.1 Å². The van der Waals surface area contributed by atoms with Gasteiger partial charge < -0.3 is 19.8 Å². The Labute approximate surface area is 220 Å². The van der Waals surface area contributed by atoms with Gasteiger partial charge in [0.05, 0.1) is 29.2 Å². The van der Waals surface area contributed by atoms with Gasteiger partial charge in [0, 0.05) is 34.4 Å². The number of carboxylic acid groups (broad SMARTS) is 1. The first-order valence-electron chi connectivity index (χ1n) is 12.2. The molecule has 9 heteroatoms. The van der Waals surface area contributed by atoms with Crippen LogP contribution in [0.3, 0.4) is 0 Å². The van der Waals surface area contributed by atoms with Crippen LogP contribution in [0.25, 0.3) is 10.9 Å². The van der Waals surface area contributed by atoms with E-state index in [4.69, 9.17) is 16.3 Å². The summed E-state index contributed by atoms with van der Waals surface area (Å²) in [7, 11) is 1.58. The maximum atomic E-state index is 12.4. The highest BCUT2D eigenvalue weighted by Gasteiger charge is 2.41. The van der Waals surface area contributed by atoms with Gasteiger partial charge in [-0.25, -0.2) is 0 Å². The predicted molar refractivity (Wildman–Crippen MR) is 143 cm³/mol. The highest BCUT2D eigenvalue weighted by atomic mass is 35.5. The Kier molecular flexibility index (Phi) is 9.06. The minimum atomic E-state index is -0.895. The van der Waals surface area contributed by atoms with Gasteiger partial charge in [0.1, 0.15) is 5.75 Å². The highest BCUT2D eigenvalue weighted by Crippen LogP contribution is 2.41. The molecule has 36 heavy (non-hydrogen) atoms. The van der Waals surface area contributed by atoms with E-state index in [0.717, 1.165) is 37.2 Å². The van der Waals surface area contributed by atoms with Crippen molar-refractivity contribution in [1.29, 1.82) is 0 Å². The number of ether oxygens (including phenoxy) is 1. The van der Waals surface area contributed by atoms with Crippen LogP contribution in [0.5, 0.6) is 5.75 Å². The van der Waals surface area contributed by atoms with E-state index >= 15 is 0 Å². The smallest absolute Gasteiger partial charge is 0.309 e. The van der Waals surface area contributed by atoms with Crippen molar-refractivity contribution in [2.75, 3.05) is 32.5 Å². The van der Waals surface area contributed by atoms with E-state index in [1.807, 2.05) is 30.5 Å². The number of carbonyl (C=O) groups is 1. The summed E-state index contributed by atoms with van der Waals surface area (Å²) >= 11 is 8.23. The predicted octanol–water partition coefficient (Wildman–Crippen LogP) is 5.45. The lowest BCUT2D eigenvalue weighted by atomic mass is 9.74. The van der Waals surface area contributed by atoms with Gasteiger partial charge in [0.15, 0.2) is 0 Å². The molecular formula is C27H32ClN3O4S. The minimum Gasteiger partial charge on any atom is -0.497 e. The number of hydrogen-bond donors (Lipinski definition) is 2. The van der Waals surface area contributed by atoms with Crippen LogP contribution < -0.4 is 4.74 Å². The van der Waals surface area contributed by atoms with Gasteiger partial charge in [0.2, 0.25) is 0 Å². The number of piperidine rings is 1.